The first kappa shape index (κ1) is 19.7. The third kappa shape index (κ3) is 5.01. The molecule has 1 fully saturated rings. The molecule has 148 valence electrons. The van der Waals surface area contributed by atoms with Crippen LogP contribution in [0.1, 0.15) is 52.4 Å². The molecule has 1 aromatic rings. The smallest absolute Gasteiger partial charge is 0.267 e. The molecule has 0 aromatic heterocycles. The number of rotatable bonds is 7. The van der Waals surface area contributed by atoms with Crippen molar-refractivity contribution in [1.82, 2.24) is 4.90 Å². The Kier molecular flexibility index (Phi) is 6.72. The summed E-state index contributed by atoms with van der Waals surface area (Å²) in [5.41, 5.74) is 1.46. The number of likely N-dealkylation sites (tertiary alicyclic amines) is 1. The van der Waals surface area contributed by atoms with E-state index in [1.807, 2.05) is 23.1 Å². The second kappa shape index (κ2) is 9.22. The fraction of sp³-hybridized carbons (Fsp3) is 0.619. The van der Waals surface area contributed by atoms with Crippen LogP contribution in [0.4, 0.5) is 11.4 Å². The van der Waals surface area contributed by atoms with Crippen LogP contribution in [0.3, 0.4) is 0 Å². The van der Waals surface area contributed by atoms with E-state index in [4.69, 9.17) is 4.74 Å². The normalized spacial score (nSPS) is 20.1. The van der Waals surface area contributed by atoms with Crippen LogP contribution in [0.5, 0.6) is 5.75 Å². The number of carbonyl (C=O) groups is 2. The molecule has 1 N–H and O–H groups in total. The zero-order valence-electron chi connectivity index (χ0n) is 16.5. The summed E-state index contributed by atoms with van der Waals surface area (Å²) >= 11 is 0. The van der Waals surface area contributed by atoms with E-state index in [0.29, 0.717) is 24.4 Å². The molecular weight excluding hydrogens is 342 g/mol. The van der Waals surface area contributed by atoms with E-state index in [1.165, 1.54) is 19.3 Å². The molecule has 0 bridgehead atoms. The summed E-state index contributed by atoms with van der Waals surface area (Å²) in [6, 6.07) is 5.55. The van der Waals surface area contributed by atoms with Gasteiger partial charge >= 0.3 is 0 Å². The van der Waals surface area contributed by atoms with Gasteiger partial charge in [0.25, 0.3) is 5.91 Å². The predicted molar refractivity (Wildman–Crippen MR) is 107 cm³/mol. The van der Waals surface area contributed by atoms with Crippen LogP contribution in [0.25, 0.3) is 0 Å². The van der Waals surface area contributed by atoms with E-state index < -0.39 is 6.10 Å². The van der Waals surface area contributed by atoms with Crippen molar-refractivity contribution in [3.05, 3.63) is 18.2 Å². The van der Waals surface area contributed by atoms with Gasteiger partial charge in [0.05, 0.1) is 5.69 Å². The van der Waals surface area contributed by atoms with E-state index >= 15 is 0 Å². The average Bonchev–Trinajstić information content (AvgIpc) is 2.68. The molecule has 0 spiro atoms. The molecule has 2 aliphatic heterocycles. The zero-order valence-corrected chi connectivity index (χ0v) is 16.5. The van der Waals surface area contributed by atoms with Crippen LogP contribution < -0.4 is 15.0 Å². The lowest BCUT2D eigenvalue weighted by Gasteiger charge is -2.35. The monoisotopic (exact) mass is 373 g/mol. The predicted octanol–water partition coefficient (Wildman–Crippen LogP) is 3.42. The molecular formula is C21H31N3O3. The number of fused-ring (bicyclic) bond motifs is 1. The number of nitrogens with one attached hydrogen (secondary N) is 1. The standard InChI is InChI=1S/C21H31N3O3/c1-3-4-8-20(25)22-17-9-10-19-18(15-17)24(21(26)16(2)27-19)14-13-23-11-6-5-7-12-23/h9-10,15-16H,3-8,11-14H2,1-2H3,(H,22,25). The summed E-state index contributed by atoms with van der Waals surface area (Å²) in [6.45, 7) is 7.58. The van der Waals surface area contributed by atoms with Gasteiger partial charge in [-0.25, -0.2) is 0 Å². The van der Waals surface area contributed by atoms with Gasteiger partial charge in [-0.15, -0.1) is 0 Å². The number of hydrogen-bond acceptors (Lipinski definition) is 4. The Labute approximate surface area is 161 Å². The van der Waals surface area contributed by atoms with Gasteiger partial charge < -0.3 is 19.9 Å². The Bertz CT molecular complexity index is 671. The van der Waals surface area contributed by atoms with Gasteiger partial charge in [0.2, 0.25) is 5.91 Å². The molecule has 6 heteroatoms. The van der Waals surface area contributed by atoms with E-state index in [0.717, 1.165) is 38.2 Å². The number of carbonyl (C=O) groups excluding carboxylic acids is 2. The zero-order chi connectivity index (χ0) is 19.2. The van der Waals surface area contributed by atoms with Crippen molar-refractivity contribution in [1.29, 1.82) is 0 Å². The molecule has 0 saturated carbocycles. The van der Waals surface area contributed by atoms with Crippen molar-refractivity contribution in [2.24, 2.45) is 0 Å². The molecule has 1 unspecified atom stereocenters. The summed E-state index contributed by atoms with van der Waals surface area (Å²) in [4.78, 5) is 29.0. The SMILES string of the molecule is CCCCC(=O)Nc1ccc2c(c1)N(CCN1CCCCC1)C(=O)C(C)O2. The third-order valence-electron chi connectivity index (χ3n) is 5.30. The largest absolute Gasteiger partial charge is 0.479 e. The lowest BCUT2D eigenvalue weighted by molar-refractivity contribution is -0.125. The highest BCUT2D eigenvalue weighted by Crippen LogP contribution is 2.36. The van der Waals surface area contributed by atoms with Crippen molar-refractivity contribution in [3.8, 4) is 5.75 Å². The van der Waals surface area contributed by atoms with Crippen molar-refractivity contribution in [2.75, 3.05) is 36.4 Å². The average molecular weight is 373 g/mol. The second-order valence-electron chi connectivity index (χ2n) is 7.49. The number of ether oxygens (including phenoxy) is 1. The molecule has 6 nitrogen and oxygen atoms in total. The highest BCUT2D eigenvalue weighted by molar-refractivity contribution is 6.01. The van der Waals surface area contributed by atoms with E-state index in [1.54, 1.807) is 6.92 Å². The molecule has 2 aliphatic rings. The Morgan fingerprint density at radius 3 is 2.74 bits per heavy atom. The Balaban J connectivity index is 1.72. The van der Waals surface area contributed by atoms with Crippen LogP contribution in [0, 0.1) is 0 Å². The van der Waals surface area contributed by atoms with Crippen LogP contribution in [0.15, 0.2) is 18.2 Å². The minimum atomic E-state index is -0.483. The van der Waals surface area contributed by atoms with Crippen molar-refractivity contribution >= 4 is 23.2 Å². The van der Waals surface area contributed by atoms with Crippen LogP contribution in [-0.2, 0) is 9.59 Å². The quantitative estimate of drug-likeness (QED) is 0.796. The number of benzene rings is 1. The fourth-order valence-corrected chi connectivity index (χ4v) is 3.70. The lowest BCUT2D eigenvalue weighted by atomic mass is 10.1. The van der Waals surface area contributed by atoms with Gasteiger partial charge in [0.1, 0.15) is 5.75 Å². The molecule has 27 heavy (non-hydrogen) atoms. The maximum atomic E-state index is 12.7. The maximum absolute atomic E-state index is 12.7. The van der Waals surface area contributed by atoms with Gasteiger partial charge in [-0.05, 0) is 57.5 Å². The van der Waals surface area contributed by atoms with Gasteiger partial charge in [-0.2, -0.15) is 0 Å². The van der Waals surface area contributed by atoms with Crippen molar-refractivity contribution < 1.29 is 14.3 Å². The number of amides is 2. The summed E-state index contributed by atoms with van der Waals surface area (Å²) in [5.74, 6) is 0.689. The summed E-state index contributed by atoms with van der Waals surface area (Å²) in [6.07, 6.45) is 5.66. The van der Waals surface area contributed by atoms with E-state index in [9.17, 15) is 9.59 Å². The minimum Gasteiger partial charge on any atom is -0.479 e. The molecule has 3 rings (SSSR count). The summed E-state index contributed by atoms with van der Waals surface area (Å²) in [7, 11) is 0. The fourth-order valence-electron chi connectivity index (χ4n) is 3.70. The third-order valence-corrected chi connectivity index (χ3v) is 5.30. The van der Waals surface area contributed by atoms with Gasteiger partial charge in [0, 0.05) is 25.2 Å². The number of nitrogens with zero attached hydrogens (tertiary/aromatic N) is 2. The van der Waals surface area contributed by atoms with Gasteiger partial charge in [0.15, 0.2) is 6.10 Å². The summed E-state index contributed by atoms with van der Waals surface area (Å²) in [5, 5.41) is 2.94. The molecule has 1 saturated heterocycles. The number of unbranched alkanes of at least 4 members (excludes halogenated alkanes) is 1. The minimum absolute atomic E-state index is 0.00749. The molecule has 1 atom stereocenters. The highest BCUT2D eigenvalue weighted by Gasteiger charge is 2.32. The lowest BCUT2D eigenvalue weighted by Crippen LogP contribution is -2.48. The molecule has 2 heterocycles. The van der Waals surface area contributed by atoms with E-state index in [2.05, 4.69) is 17.1 Å². The van der Waals surface area contributed by atoms with Crippen LogP contribution >= 0.6 is 0 Å². The molecule has 2 amide bonds. The molecule has 0 radical (unpaired) electrons. The Morgan fingerprint density at radius 2 is 2.00 bits per heavy atom. The first-order valence-electron chi connectivity index (χ1n) is 10.2. The van der Waals surface area contributed by atoms with Crippen molar-refractivity contribution in [2.45, 2.75) is 58.5 Å². The van der Waals surface area contributed by atoms with Crippen LogP contribution in [0.2, 0.25) is 0 Å². The highest BCUT2D eigenvalue weighted by atomic mass is 16.5. The maximum Gasteiger partial charge on any atom is 0.267 e. The number of piperidine rings is 1. The summed E-state index contributed by atoms with van der Waals surface area (Å²) < 4.78 is 5.77. The second-order valence-corrected chi connectivity index (χ2v) is 7.49. The molecule has 1 aromatic carbocycles. The first-order chi connectivity index (χ1) is 13.1. The van der Waals surface area contributed by atoms with Gasteiger partial charge in [-0.3, -0.25) is 9.59 Å². The van der Waals surface area contributed by atoms with Crippen LogP contribution in [-0.4, -0.2) is 49.0 Å². The molecule has 0 aliphatic carbocycles. The number of anilines is 2. The van der Waals surface area contributed by atoms with Crippen molar-refractivity contribution in [3.63, 3.8) is 0 Å². The Hall–Kier alpha value is -2.08. The van der Waals surface area contributed by atoms with Gasteiger partial charge in [-0.1, -0.05) is 19.8 Å². The Morgan fingerprint density at radius 1 is 1.22 bits per heavy atom. The first-order valence-corrected chi connectivity index (χ1v) is 10.2. The van der Waals surface area contributed by atoms with E-state index in [-0.39, 0.29) is 11.8 Å². The topological polar surface area (TPSA) is 61.9 Å². The number of hydrogen-bond donors (Lipinski definition) is 1.